The van der Waals surface area contributed by atoms with Crippen LogP contribution in [-0.4, -0.2) is 48.2 Å². The summed E-state index contributed by atoms with van der Waals surface area (Å²) in [6.07, 6.45) is 3.82. The van der Waals surface area contributed by atoms with Crippen molar-refractivity contribution in [2.45, 2.75) is 38.1 Å². The number of benzene rings is 3. The summed E-state index contributed by atoms with van der Waals surface area (Å²) in [5, 5.41) is 10.2. The van der Waals surface area contributed by atoms with Gasteiger partial charge in [-0.15, -0.1) is 0 Å². The highest BCUT2D eigenvalue weighted by atomic mass is 16.5. The van der Waals surface area contributed by atoms with Crippen molar-refractivity contribution >= 4 is 34.7 Å². The molecule has 202 valence electrons. The minimum atomic E-state index is -1.02. The molecule has 0 aliphatic heterocycles. The van der Waals surface area contributed by atoms with Crippen LogP contribution in [0, 0.1) is 5.92 Å². The van der Waals surface area contributed by atoms with E-state index in [4.69, 9.17) is 9.15 Å². The maximum Gasteiger partial charge on any atom is 0.327 e. The average molecular weight is 528 g/mol. The highest BCUT2D eigenvalue weighted by Gasteiger charge is 2.36. The van der Waals surface area contributed by atoms with Crippen LogP contribution >= 0.6 is 0 Å². The Balaban J connectivity index is 1.22. The van der Waals surface area contributed by atoms with E-state index in [9.17, 15) is 14.7 Å². The Morgan fingerprint density at radius 3 is 2.38 bits per heavy atom. The number of aromatic nitrogens is 1. The van der Waals surface area contributed by atoms with Crippen LogP contribution in [0.3, 0.4) is 0 Å². The molecule has 39 heavy (non-hydrogen) atoms. The van der Waals surface area contributed by atoms with E-state index in [0.29, 0.717) is 30.6 Å². The molecule has 1 aliphatic rings. The molecule has 1 unspecified atom stereocenters. The van der Waals surface area contributed by atoms with Gasteiger partial charge in [0.25, 0.3) is 6.01 Å². The van der Waals surface area contributed by atoms with E-state index in [1.54, 1.807) is 12.1 Å². The van der Waals surface area contributed by atoms with Gasteiger partial charge in [0.1, 0.15) is 23.9 Å². The first-order valence-electron chi connectivity index (χ1n) is 13.4. The van der Waals surface area contributed by atoms with E-state index in [2.05, 4.69) is 4.98 Å². The number of ether oxygens (including phenoxy) is 1. The molecule has 1 N–H and O–H groups in total. The van der Waals surface area contributed by atoms with Crippen LogP contribution in [0.25, 0.3) is 11.1 Å². The molecule has 1 atom stereocenters. The Kier molecular flexibility index (Phi) is 8.10. The number of para-hydroxylation sites is 3. The molecular weight excluding hydrogens is 494 g/mol. The van der Waals surface area contributed by atoms with Crippen molar-refractivity contribution in [2.75, 3.05) is 30.0 Å². The van der Waals surface area contributed by atoms with E-state index >= 15 is 0 Å². The van der Waals surface area contributed by atoms with Gasteiger partial charge in [0, 0.05) is 25.1 Å². The second kappa shape index (κ2) is 12.0. The van der Waals surface area contributed by atoms with Gasteiger partial charge in [-0.1, -0.05) is 55.3 Å². The smallest absolute Gasteiger partial charge is 0.327 e. The predicted molar refractivity (Wildman–Crippen MR) is 150 cm³/mol. The Morgan fingerprint density at radius 1 is 1.00 bits per heavy atom. The van der Waals surface area contributed by atoms with Crippen LogP contribution in [0.1, 0.15) is 31.2 Å². The standard InChI is InChI=1S/C31H33N3O5/c1-33(31-32-26-13-7-8-14-28(26)39-31)19-20-38-25-17-15-22(16-18-25)21-27(30(36)37)34(24-11-3-2-4-12-24)29(35)23-9-5-6-10-23/h2-4,7-8,11-18,23,27H,5-6,9-10,19-21H2,1H3,(H,36,37). The summed E-state index contributed by atoms with van der Waals surface area (Å²) in [4.78, 5) is 33.8. The zero-order valence-electron chi connectivity index (χ0n) is 22.0. The molecule has 1 heterocycles. The molecule has 3 aromatic carbocycles. The number of hydrogen-bond donors (Lipinski definition) is 1. The molecule has 1 aliphatic carbocycles. The molecule has 1 saturated carbocycles. The van der Waals surface area contributed by atoms with Crippen LogP contribution in [0.15, 0.2) is 83.3 Å². The van der Waals surface area contributed by atoms with Gasteiger partial charge in [0.2, 0.25) is 5.91 Å². The Morgan fingerprint density at radius 2 is 1.69 bits per heavy atom. The topological polar surface area (TPSA) is 96.1 Å². The number of likely N-dealkylation sites (N-methyl/N-ethyl adjacent to an activating group) is 1. The highest BCUT2D eigenvalue weighted by Crippen LogP contribution is 2.31. The first-order valence-corrected chi connectivity index (χ1v) is 13.4. The third-order valence-corrected chi connectivity index (χ3v) is 7.23. The molecule has 0 bridgehead atoms. The summed E-state index contributed by atoms with van der Waals surface area (Å²) in [6, 6.07) is 23.7. The number of aliphatic carboxylic acids is 1. The Labute approximate surface area is 227 Å². The van der Waals surface area contributed by atoms with Gasteiger partial charge in [-0.3, -0.25) is 9.69 Å². The second-order valence-corrected chi connectivity index (χ2v) is 9.96. The zero-order valence-corrected chi connectivity index (χ0v) is 22.0. The van der Waals surface area contributed by atoms with E-state index in [0.717, 1.165) is 42.3 Å². The number of amides is 1. The normalized spacial score (nSPS) is 14.3. The van der Waals surface area contributed by atoms with Crippen molar-refractivity contribution in [1.82, 2.24) is 4.98 Å². The van der Waals surface area contributed by atoms with Crippen LogP contribution < -0.4 is 14.5 Å². The van der Waals surface area contributed by atoms with Crippen molar-refractivity contribution in [2.24, 2.45) is 5.92 Å². The van der Waals surface area contributed by atoms with Crippen molar-refractivity contribution in [3.63, 3.8) is 0 Å². The lowest BCUT2D eigenvalue weighted by atomic mass is 10.00. The number of carbonyl (C=O) groups excluding carboxylic acids is 1. The molecule has 8 heteroatoms. The molecule has 1 amide bonds. The fourth-order valence-corrected chi connectivity index (χ4v) is 5.07. The molecule has 1 aromatic heterocycles. The number of nitrogens with zero attached hydrogens (tertiary/aromatic N) is 3. The number of rotatable bonds is 11. The number of hydrogen-bond acceptors (Lipinski definition) is 6. The summed E-state index contributed by atoms with van der Waals surface area (Å²) in [5.41, 5.74) is 2.99. The molecule has 0 saturated heterocycles. The summed E-state index contributed by atoms with van der Waals surface area (Å²) in [5.74, 6) is -0.573. The van der Waals surface area contributed by atoms with Crippen molar-refractivity contribution in [1.29, 1.82) is 0 Å². The molecule has 1 fully saturated rings. The van der Waals surface area contributed by atoms with E-state index in [1.807, 2.05) is 78.7 Å². The monoisotopic (exact) mass is 527 g/mol. The third-order valence-electron chi connectivity index (χ3n) is 7.23. The number of carboxylic acid groups (broad SMARTS) is 1. The van der Waals surface area contributed by atoms with Crippen LogP contribution in [0.5, 0.6) is 5.75 Å². The third kappa shape index (κ3) is 6.22. The van der Waals surface area contributed by atoms with E-state index < -0.39 is 12.0 Å². The largest absolute Gasteiger partial charge is 0.492 e. The Hall–Kier alpha value is -4.33. The molecule has 5 rings (SSSR count). The first-order chi connectivity index (χ1) is 19.0. The fourth-order valence-electron chi connectivity index (χ4n) is 5.07. The van der Waals surface area contributed by atoms with Gasteiger partial charge in [-0.05, 0) is 54.8 Å². The first kappa shape index (κ1) is 26.3. The van der Waals surface area contributed by atoms with Gasteiger partial charge < -0.3 is 19.2 Å². The summed E-state index contributed by atoms with van der Waals surface area (Å²) < 4.78 is 11.7. The van der Waals surface area contributed by atoms with Gasteiger partial charge in [0.05, 0.1) is 6.54 Å². The van der Waals surface area contributed by atoms with Crippen LogP contribution in [0.2, 0.25) is 0 Å². The lowest BCUT2D eigenvalue weighted by Gasteiger charge is -2.31. The molecule has 8 nitrogen and oxygen atoms in total. The quantitative estimate of drug-likeness (QED) is 0.273. The maximum atomic E-state index is 13.5. The number of carbonyl (C=O) groups is 2. The number of anilines is 2. The summed E-state index contributed by atoms with van der Waals surface area (Å²) >= 11 is 0. The van der Waals surface area contributed by atoms with Gasteiger partial charge in [-0.2, -0.15) is 4.98 Å². The van der Waals surface area contributed by atoms with Crippen molar-refractivity contribution in [3.05, 3.63) is 84.4 Å². The Bertz CT molecular complexity index is 1360. The predicted octanol–water partition coefficient (Wildman–Crippen LogP) is 5.56. The fraction of sp³-hybridized carbons (Fsp3) is 0.323. The van der Waals surface area contributed by atoms with Crippen LogP contribution in [0.4, 0.5) is 11.7 Å². The lowest BCUT2D eigenvalue weighted by molar-refractivity contribution is -0.140. The highest BCUT2D eigenvalue weighted by molar-refractivity contribution is 6.00. The number of carboxylic acids is 1. The minimum absolute atomic E-state index is 0.103. The average Bonchev–Trinajstić information content (AvgIpc) is 3.65. The van der Waals surface area contributed by atoms with Crippen LogP contribution in [-0.2, 0) is 16.0 Å². The molecule has 0 radical (unpaired) electrons. The summed E-state index contributed by atoms with van der Waals surface area (Å²) in [6.45, 7) is 0.995. The molecular formula is C31H33N3O5. The molecule has 0 spiro atoms. The molecule has 4 aromatic rings. The van der Waals surface area contributed by atoms with Gasteiger partial charge >= 0.3 is 5.97 Å². The van der Waals surface area contributed by atoms with E-state index in [1.165, 1.54) is 4.90 Å². The zero-order chi connectivity index (χ0) is 27.2. The lowest BCUT2D eigenvalue weighted by Crippen LogP contribution is -2.48. The van der Waals surface area contributed by atoms with Gasteiger partial charge in [0.15, 0.2) is 5.58 Å². The minimum Gasteiger partial charge on any atom is -0.492 e. The maximum absolute atomic E-state index is 13.5. The number of oxazole rings is 1. The van der Waals surface area contributed by atoms with Crippen molar-refractivity contribution < 1.29 is 23.8 Å². The SMILES string of the molecule is CN(CCOc1ccc(CC(C(=O)O)N(C(=O)C2CCCC2)c2ccccc2)cc1)c1nc2ccccc2o1. The van der Waals surface area contributed by atoms with E-state index in [-0.39, 0.29) is 18.2 Å². The summed E-state index contributed by atoms with van der Waals surface area (Å²) in [7, 11) is 1.90. The van der Waals surface area contributed by atoms with Crippen molar-refractivity contribution in [3.8, 4) is 5.75 Å². The number of fused-ring (bicyclic) bond motifs is 1. The van der Waals surface area contributed by atoms with Gasteiger partial charge in [-0.25, -0.2) is 4.79 Å². The second-order valence-electron chi connectivity index (χ2n) is 9.96.